The Hall–Kier alpha value is -2.09. The van der Waals surface area contributed by atoms with Crippen molar-refractivity contribution in [2.24, 2.45) is 0 Å². The maximum Gasteiger partial charge on any atom is 0.306 e. The van der Waals surface area contributed by atoms with Gasteiger partial charge in [0.25, 0.3) is 0 Å². The van der Waals surface area contributed by atoms with Crippen molar-refractivity contribution in [3.8, 4) is 0 Å². The fourth-order valence-electron chi connectivity index (χ4n) is 3.32. The SMILES string of the molecule is C=Cc1cc2ccccc2c2c1CCC2CC(=O)OC. The van der Waals surface area contributed by atoms with Crippen LogP contribution in [-0.2, 0) is 16.0 Å². The molecule has 0 heterocycles. The van der Waals surface area contributed by atoms with Crippen LogP contribution in [0.5, 0.6) is 0 Å². The predicted molar refractivity (Wildman–Crippen MR) is 81.7 cm³/mol. The Bertz CT molecular complexity index is 685. The third kappa shape index (κ3) is 2.01. The van der Waals surface area contributed by atoms with Gasteiger partial charge in [-0.15, -0.1) is 0 Å². The lowest BCUT2D eigenvalue weighted by atomic mass is 9.90. The summed E-state index contributed by atoms with van der Waals surface area (Å²) in [5.41, 5.74) is 3.88. The van der Waals surface area contributed by atoms with Gasteiger partial charge in [-0.05, 0) is 52.3 Å². The lowest BCUT2D eigenvalue weighted by Gasteiger charge is -2.15. The Morgan fingerprint density at radius 2 is 2.25 bits per heavy atom. The van der Waals surface area contributed by atoms with E-state index in [1.54, 1.807) is 0 Å². The predicted octanol–water partition coefficient (Wildman–Crippen LogP) is 4.08. The summed E-state index contributed by atoms with van der Waals surface area (Å²) in [5, 5.41) is 2.48. The van der Waals surface area contributed by atoms with Crippen molar-refractivity contribution < 1.29 is 9.53 Å². The molecule has 20 heavy (non-hydrogen) atoms. The molecule has 0 amide bonds. The van der Waals surface area contributed by atoms with Crippen LogP contribution in [0.4, 0.5) is 0 Å². The number of carbonyl (C=O) groups excluding carboxylic acids is 1. The minimum atomic E-state index is -0.129. The third-order valence-corrected chi connectivity index (χ3v) is 4.25. The van der Waals surface area contributed by atoms with Gasteiger partial charge in [0.1, 0.15) is 0 Å². The van der Waals surface area contributed by atoms with Gasteiger partial charge in [-0.25, -0.2) is 0 Å². The summed E-state index contributed by atoms with van der Waals surface area (Å²) in [6, 6.07) is 10.6. The Kier molecular flexibility index (Phi) is 3.31. The van der Waals surface area contributed by atoms with Crippen molar-refractivity contribution in [2.75, 3.05) is 7.11 Å². The highest BCUT2D eigenvalue weighted by Crippen LogP contribution is 2.42. The third-order valence-electron chi connectivity index (χ3n) is 4.25. The molecule has 0 fully saturated rings. The van der Waals surface area contributed by atoms with Crippen molar-refractivity contribution in [3.05, 3.63) is 53.6 Å². The van der Waals surface area contributed by atoms with Crippen LogP contribution in [0, 0.1) is 0 Å². The maximum atomic E-state index is 11.6. The van der Waals surface area contributed by atoms with Crippen LogP contribution in [0.15, 0.2) is 36.9 Å². The molecule has 0 spiro atoms. The molecule has 2 nitrogen and oxygen atoms in total. The highest BCUT2D eigenvalue weighted by Gasteiger charge is 2.28. The Balaban J connectivity index is 2.18. The van der Waals surface area contributed by atoms with Crippen LogP contribution in [0.25, 0.3) is 16.8 Å². The Morgan fingerprint density at radius 1 is 1.45 bits per heavy atom. The van der Waals surface area contributed by atoms with Crippen LogP contribution in [-0.4, -0.2) is 13.1 Å². The zero-order valence-corrected chi connectivity index (χ0v) is 11.7. The monoisotopic (exact) mass is 266 g/mol. The van der Waals surface area contributed by atoms with Crippen molar-refractivity contribution in [3.63, 3.8) is 0 Å². The number of esters is 1. The van der Waals surface area contributed by atoms with E-state index in [4.69, 9.17) is 4.74 Å². The molecule has 2 aromatic carbocycles. The summed E-state index contributed by atoms with van der Waals surface area (Å²) < 4.78 is 4.84. The highest BCUT2D eigenvalue weighted by molar-refractivity contribution is 5.91. The van der Waals surface area contributed by atoms with Gasteiger partial charge in [0.2, 0.25) is 0 Å². The van der Waals surface area contributed by atoms with Crippen molar-refractivity contribution in [1.29, 1.82) is 0 Å². The minimum Gasteiger partial charge on any atom is -0.469 e. The number of methoxy groups -OCH3 is 1. The van der Waals surface area contributed by atoms with Gasteiger partial charge in [-0.2, -0.15) is 0 Å². The molecule has 3 rings (SSSR count). The van der Waals surface area contributed by atoms with Crippen molar-refractivity contribution in [1.82, 2.24) is 0 Å². The van der Waals surface area contributed by atoms with Gasteiger partial charge in [0.15, 0.2) is 0 Å². The lowest BCUT2D eigenvalue weighted by molar-refractivity contribution is -0.141. The summed E-state index contributed by atoms with van der Waals surface area (Å²) in [5.74, 6) is 0.137. The fourth-order valence-corrected chi connectivity index (χ4v) is 3.32. The number of benzene rings is 2. The Labute approximate surface area is 119 Å². The summed E-state index contributed by atoms with van der Waals surface area (Å²) in [6.45, 7) is 3.93. The number of rotatable bonds is 3. The zero-order chi connectivity index (χ0) is 14.1. The molecule has 2 heteroatoms. The number of carbonyl (C=O) groups is 1. The summed E-state index contributed by atoms with van der Waals surface area (Å²) >= 11 is 0. The largest absolute Gasteiger partial charge is 0.469 e. The molecule has 102 valence electrons. The first-order valence-corrected chi connectivity index (χ1v) is 6.98. The van der Waals surface area contributed by atoms with E-state index < -0.39 is 0 Å². The maximum absolute atomic E-state index is 11.6. The van der Waals surface area contributed by atoms with E-state index in [0.717, 1.165) is 12.8 Å². The molecule has 2 aromatic rings. The number of fused-ring (bicyclic) bond motifs is 3. The topological polar surface area (TPSA) is 26.3 Å². The van der Waals surface area contributed by atoms with Crippen LogP contribution in [0.1, 0.15) is 35.4 Å². The lowest BCUT2D eigenvalue weighted by Crippen LogP contribution is -2.06. The van der Waals surface area contributed by atoms with Crippen LogP contribution >= 0.6 is 0 Å². The Morgan fingerprint density at radius 3 is 3.00 bits per heavy atom. The summed E-state index contributed by atoms with van der Waals surface area (Å²) in [4.78, 5) is 11.6. The van der Waals surface area contributed by atoms with Gasteiger partial charge in [0.05, 0.1) is 13.5 Å². The summed E-state index contributed by atoms with van der Waals surface area (Å²) in [7, 11) is 1.45. The second kappa shape index (κ2) is 5.12. The van der Waals surface area contributed by atoms with E-state index in [-0.39, 0.29) is 11.9 Å². The first-order valence-electron chi connectivity index (χ1n) is 6.98. The van der Waals surface area contributed by atoms with Crippen LogP contribution in [0.2, 0.25) is 0 Å². The fraction of sp³-hybridized carbons (Fsp3) is 0.278. The molecule has 0 saturated heterocycles. The van der Waals surface area contributed by atoms with Gasteiger partial charge in [-0.1, -0.05) is 36.9 Å². The molecule has 0 bridgehead atoms. The van der Waals surface area contributed by atoms with Gasteiger partial charge >= 0.3 is 5.97 Å². The van der Waals surface area contributed by atoms with E-state index >= 15 is 0 Å². The molecule has 1 unspecified atom stereocenters. The highest BCUT2D eigenvalue weighted by atomic mass is 16.5. The van der Waals surface area contributed by atoms with Crippen molar-refractivity contribution in [2.45, 2.75) is 25.2 Å². The normalized spacial score (nSPS) is 16.9. The van der Waals surface area contributed by atoms with E-state index in [1.165, 1.54) is 34.6 Å². The second-order valence-corrected chi connectivity index (χ2v) is 5.30. The molecule has 1 aliphatic rings. The zero-order valence-electron chi connectivity index (χ0n) is 11.7. The van der Waals surface area contributed by atoms with Gasteiger partial charge in [-0.3, -0.25) is 4.79 Å². The molecule has 0 N–H and O–H groups in total. The summed E-state index contributed by atoms with van der Waals surface area (Å²) in [6.07, 6.45) is 4.42. The van der Waals surface area contributed by atoms with Gasteiger partial charge in [0, 0.05) is 0 Å². The van der Waals surface area contributed by atoms with E-state index in [0.29, 0.717) is 6.42 Å². The molecule has 1 atom stereocenters. The first-order chi connectivity index (χ1) is 9.74. The van der Waals surface area contributed by atoms with Gasteiger partial charge < -0.3 is 4.74 Å². The van der Waals surface area contributed by atoms with E-state index in [2.05, 4.69) is 30.8 Å². The molecular formula is C18H18O2. The van der Waals surface area contributed by atoms with Crippen molar-refractivity contribution >= 4 is 22.8 Å². The standard InChI is InChI=1S/C18H18O2/c1-3-12-10-13-6-4-5-7-15(13)18-14(8-9-16(12)18)11-17(19)20-2/h3-7,10,14H,1,8-9,11H2,2H3. The number of ether oxygens (including phenoxy) is 1. The molecule has 1 aliphatic carbocycles. The first kappa shape index (κ1) is 12.9. The van der Waals surface area contributed by atoms with Crippen LogP contribution < -0.4 is 0 Å². The molecule has 0 aromatic heterocycles. The average molecular weight is 266 g/mol. The quantitative estimate of drug-likeness (QED) is 0.783. The molecule has 0 saturated carbocycles. The number of hydrogen-bond donors (Lipinski definition) is 0. The molecule has 0 aliphatic heterocycles. The average Bonchev–Trinajstić information content (AvgIpc) is 2.90. The second-order valence-electron chi connectivity index (χ2n) is 5.30. The molecular weight excluding hydrogens is 248 g/mol. The van der Waals surface area contributed by atoms with E-state index in [9.17, 15) is 4.79 Å². The molecule has 0 radical (unpaired) electrons. The number of hydrogen-bond acceptors (Lipinski definition) is 2. The smallest absolute Gasteiger partial charge is 0.306 e. The minimum absolute atomic E-state index is 0.129. The van der Waals surface area contributed by atoms with Crippen LogP contribution in [0.3, 0.4) is 0 Å². The van der Waals surface area contributed by atoms with E-state index in [1.807, 2.05) is 12.1 Å².